The van der Waals surface area contributed by atoms with E-state index < -0.39 is 18.2 Å². The standard InChI is InChI=1S/C32H35NO8S/c34-19-22-7-9-23(10-8-22)28-17-26(20-42-27-15-13-24(14-16-27)31(38)39)40-32(41-28)25-11-5-21(6-12-25)18-33-29(35)3-1-2-4-30(36)37/h5-16,26,28,32,34H,1-4,17-20H2,(H,33,35)(H,36,37)(H,38,39)/t26-,28+,32+/m0/s1. The Morgan fingerprint density at radius 3 is 2.10 bits per heavy atom. The number of ether oxygens (including phenoxy) is 2. The first-order valence-corrected chi connectivity index (χ1v) is 14.8. The third kappa shape index (κ3) is 9.42. The van der Waals surface area contributed by atoms with Crippen molar-refractivity contribution in [3.05, 3.63) is 101 Å². The number of aliphatic carboxylic acids is 1. The molecule has 1 aliphatic heterocycles. The Bertz CT molecular complexity index is 1330. The number of hydrogen-bond donors (Lipinski definition) is 4. The predicted molar refractivity (Wildman–Crippen MR) is 157 cm³/mol. The molecule has 0 aromatic heterocycles. The van der Waals surface area contributed by atoms with Crippen LogP contribution in [0.4, 0.5) is 0 Å². The summed E-state index contributed by atoms with van der Waals surface area (Å²) in [5, 5.41) is 30.2. The highest BCUT2D eigenvalue weighted by Gasteiger charge is 2.32. The van der Waals surface area contributed by atoms with Gasteiger partial charge in [0.05, 0.1) is 24.4 Å². The zero-order valence-corrected chi connectivity index (χ0v) is 23.9. The third-order valence-corrected chi connectivity index (χ3v) is 8.08. The second-order valence-electron chi connectivity index (χ2n) is 10.1. The van der Waals surface area contributed by atoms with E-state index >= 15 is 0 Å². The maximum atomic E-state index is 12.1. The van der Waals surface area contributed by atoms with E-state index in [1.807, 2.05) is 48.5 Å². The Hall–Kier alpha value is -3.70. The zero-order chi connectivity index (χ0) is 29.9. The molecule has 10 heteroatoms. The maximum absolute atomic E-state index is 12.1. The fourth-order valence-electron chi connectivity index (χ4n) is 4.55. The van der Waals surface area contributed by atoms with E-state index in [0.717, 1.165) is 27.1 Å². The average molecular weight is 594 g/mol. The number of aliphatic hydroxyl groups is 1. The molecule has 3 aromatic rings. The van der Waals surface area contributed by atoms with Crippen LogP contribution in [0.3, 0.4) is 0 Å². The van der Waals surface area contributed by atoms with Gasteiger partial charge in [0.1, 0.15) is 0 Å². The van der Waals surface area contributed by atoms with Crippen molar-refractivity contribution in [2.45, 2.75) is 68.6 Å². The van der Waals surface area contributed by atoms with Crippen LogP contribution in [-0.4, -0.2) is 45.0 Å². The molecule has 1 saturated heterocycles. The van der Waals surface area contributed by atoms with Gasteiger partial charge in [-0.3, -0.25) is 9.59 Å². The average Bonchev–Trinajstić information content (AvgIpc) is 3.01. The lowest BCUT2D eigenvalue weighted by molar-refractivity contribution is -0.245. The molecule has 1 aliphatic rings. The first-order valence-electron chi connectivity index (χ1n) is 13.8. The Balaban J connectivity index is 1.39. The van der Waals surface area contributed by atoms with Crippen molar-refractivity contribution >= 4 is 29.6 Å². The van der Waals surface area contributed by atoms with Crippen molar-refractivity contribution in [2.24, 2.45) is 0 Å². The van der Waals surface area contributed by atoms with Gasteiger partial charge in [0.15, 0.2) is 6.29 Å². The Morgan fingerprint density at radius 2 is 1.45 bits per heavy atom. The molecule has 42 heavy (non-hydrogen) atoms. The molecule has 1 heterocycles. The second-order valence-corrected chi connectivity index (χ2v) is 11.2. The summed E-state index contributed by atoms with van der Waals surface area (Å²) in [6, 6.07) is 22.1. The van der Waals surface area contributed by atoms with Gasteiger partial charge in [0.2, 0.25) is 5.91 Å². The van der Waals surface area contributed by atoms with Crippen LogP contribution in [0.25, 0.3) is 0 Å². The minimum Gasteiger partial charge on any atom is -0.481 e. The van der Waals surface area contributed by atoms with E-state index in [4.69, 9.17) is 19.7 Å². The summed E-state index contributed by atoms with van der Waals surface area (Å²) in [5.74, 6) is -1.28. The fourth-order valence-corrected chi connectivity index (χ4v) is 5.47. The van der Waals surface area contributed by atoms with Gasteiger partial charge < -0.3 is 30.1 Å². The summed E-state index contributed by atoms with van der Waals surface area (Å²) in [6.45, 7) is 0.333. The van der Waals surface area contributed by atoms with E-state index in [2.05, 4.69) is 5.32 Å². The maximum Gasteiger partial charge on any atom is 0.335 e. The van der Waals surface area contributed by atoms with Crippen molar-refractivity contribution in [1.29, 1.82) is 0 Å². The van der Waals surface area contributed by atoms with Crippen molar-refractivity contribution in [1.82, 2.24) is 5.32 Å². The van der Waals surface area contributed by atoms with Crippen LogP contribution < -0.4 is 5.32 Å². The number of aromatic carboxylic acids is 1. The van der Waals surface area contributed by atoms with E-state index in [-0.39, 0.29) is 36.7 Å². The molecule has 0 saturated carbocycles. The first kappa shape index (κ1) is 31.2. The number of unbranched alkanes of at least 4 members (excludes halogenated alkanes) is 1. The van der Waals surface area contributed by atoms with Crippen LogP contribution in [0, 0.1) is 0 Å². The van der Waals surface area contributed by atoms with Crippen molar-refractivity contribution in [3.8, 4) is 0 Å². The molecule has 9 nitrogen and oxygen atoms in total. The highest BCUT2D eigenvalue weighted by atomic mass is 32.2. The number of nitrogens with one attached hydrogen (secondary N) is 1. The third-order valence-electron chi connectivity index (χ3n) is 6.94. The van der Waals surface area contributed by atoms with Gasteiger partial charge in [0.25, 0.3) is 0 Å². The minimum absolute atomic E-state index is 0.0327. The van der Waals surface area contributed by atoms with E-state index in [0.29, 0.717) is 38.0 Å². The quantitative estimate of drug-likeness (QED) is 0.141. The Kier molecular flexibility index (Phi) is 11.5. The SMILES string of the molecule is O=C(O)CCCCC(=O)NCc1ccc([C@@H]2O[C@H](CSc3ccc(C(=O)O)cc3)C[C@H](c3ccc(CO)cc3)O2)cc1. The summed E-state index contributed by atoms with van der Waals surface area (Å²) in [5.41, 5.74) is 3.82. The van der Waals surface area contributed by atoms with Gasteiger partial charge in [-0.05, 0) is 53.8 Å². The highest BCUT2D eigenvalue weighted by Crippen LogP contribution is 2.39. The van der Waals surface area contributed by atoms with Crippen LogP contribution in [0.15, 0.2) is 77.7 Å². The summed E-state index contributed by atoms with van der Waals surface area (Å²) >= 11 is 1.59. The minimum atomic E-state index is -0.960. The molecule has 0 aliphatic carbocycles. The number of carboxylic acids is 2. The summed E-state index contributed by atoms with van der Waals surface area (Å²) < 4.78 is 12.8. The number of aliphatic hydroxyl groups excluding tert-OH is 1. The van der Waals surface area contributed by atoms with E-state index in [1.54, 1.807) is 36.0 Å². The predicted octanol–water partition coefficient (Wildman–Crippen LogP) is 5.48. The van der Waals surface area contributed by atoms with Crippen molar-refractivity contribution in [3.63, 3.8) is 0 Å². The van der Waals surface area contributed by atoms with Crippen molar-refractivity contribution in [2.75, 3.05) is 5.75 Å². The second kappa shape index (κ2) is 15.5. The number of carboxylic acid groups (broad SMARTS) is 2. The first-order chi connectivity index (χ1) is 20.3. The van der Waals surface area contributed by atoms with Gasteiger partial charge in [-0.25, -0.2) is 4.79 Å². The Labute approximate surface area is 248 Å². The molecule has 3 aromatic carbocycles. The number of benzene rings is 3. The molecule has 0 radical (unpaired) electrons. The zero-order valence-electron chi connectivity index (χ0n) is 23.1. The lowest BCUT2D eigenvalue weighted by atomic mass is 10.0. The summed E-state index contributed by atoms with van der Waals surface area (Å²) in [7, 11) is 0. The normalized spacial score (nSPS) is 18.4. The lowest BCUT2D eigenvalue weighted by Gasteiger charge is -2.36. The molecule has 0 unspecified atom stereocenters. The fraction of sp³-hybridized carbons (Fsp3) is 0.344. The number of amides is 1. The largest absolute Gasteiger partial charge is 0.481 e. The Morgan fingerprint density at radius 1 is 0.810 bits per heavy atom. The van der Waals surface area contributed by atoms with Gasteiger partial charge in [-0.1, -0.05) is 48.5 Å². The molecule has 4 N–H and O–H groups in total. The lowest BCUT2D eigenvalue weighted by Crippen LogP contribution is -2.31. The monoisotopic (exact) mass is 593 g/mol. The number of thioether (sulfide) groups is 1. The molecule has 0 bridgehead atoms. The van der Waals surface area contributed by atoms with E-state index in [1.165, 1.54) is 0 Å². The molecule has 4 rings (SSSR count). The van der Waals surface area contributed by atoms with Crippen LogP contribution in [0.2, 0.25) is 0 Å². The topological polar surface area (TPSA) is 142 Å². The van der Waals surface area contributed by atoms with Crippen LogP contribution >= 0.6 is 11.8 Å². The summed E-state index contributed by atoms with van der Waals surface area (Å²) in [4.78, 5) is 34.8. The van der Waals surface area contributed by atoms with E-state index in [9.17, 15) is 19.5 Å². The van der Waals surface area contributed by atoms with Crippen LogP contribution in [0.1, 0.15) is 77.1 Å². The van der Waals surface area contributed by atoms with Crippen LogP contribution in [-0.2, 0) is 32.2 Å². The summed E-state index contributed by atoms with van der Waals surface area (Å²) in [6.07, 6.45) is 1.01. The molecule has 222 valence electrons. The van der Waals surface area contributed by atoms with Gasteiger partial charge >= 0.3 is 11.9 Å². The van der Waals surface area contributed by atoms with Gasteiger partial charge in [-0.15, -0.1) is 11.8 Å². The van der Waals surface area contributed by atoms with Gasteiger partial charge in [-0.2, -0.15) is 0 Å². The molecular formula is C32H35NO8S. The smallest absolute Gasteiger partial charge is 0.335 e. The number of hydrogen-bond acceptors (Lipinski definition) is 7. The van der Waals surface area contributed by atoms with Gasteiger partial charge in [0, 0.05) is 42.0 Å². The molecule has 1 fully saturated rings. The number of rotatable bonds is 14. The molecular weight excluding hydrogens is 558 g/mol. The number of carbonyl (C=O) groups excluding carboxylic acids is 1. The van der Waals surface area contributed by atoms with Crippen LogP contribution in [0.5, 0.6) is 0 Å². The highest BCUT2D eigenvalue weighted by molar-refractivity contribution is 7.99. The molecule has 0 spiro atoms. The number of carbonyl (C=O) groups is 3. The van der Waals surface area contributed by atoms with Crippen molar-refractivity contribution < 1.29 is 39.2 Å². The molecule has 1 amide bonds. The molecule has 3 atom stereocenters.